The Morgan fingerprint density at radius 3 is 2.38 bits per heavy atom. The fraction of sp³-hybridized carbons (Fsp3) is 0.200. The molecule has 1 amide bonds. The third kappa shape index (κ3) is 3.40. The predicted octanol–water partition coefficient (Wildman–Crippen LogP) is 3.31. The second kappa shape index (κ2) is 6.24. The van der Waals surface area contributed by atoms with E-state index in [9.17, 15) is 4.79 Å². The molecule has 1 aromatic heterocycles. The number of hydrogen-bond acceptors (Lipinski definition) is 4. The molecule has 0 spiro atoms. The van der Waals surface area contributed by atoms with E-state index in [1.807, 2.05) is 32.9 Å². The molecule has 5 nitrogen and oxygen atoms in total. The molecule has 0 atom stereocenters. The molecule has 110 valence electrons. The Morgan fingerprint density at radius 2 is 1.81 bits per heavy atom. The number of carbonyl (C=O) groups is 1. The summed E-state index contributed by atoms with van der Waals surface area (Å²) in [6.45, 7) is 5.97. The standard InChI is InChI=1S/C15H17BrN4O/c1-8-4-9(2)13(10(3)5-8)19-15(21)12-6-11(16)7-18-14(12)20-17/h4-7H,17H2,1-3H3,(H,18,20)(H,19,21). The van der Waals surface area contributed by atoms with E-state index in [2.05, 4.69) is 31.7 Å². The molecule has 2 rings (SSSR count). The molecule has 1 aromatic carbocycles. The van der Waals surface area contributed by atoms with Gasteiger partial charge in [0.2, 0.25) is 0 Å². The Kier molecular flexibility index (Phi) is 4.59. The maximum atomic E-state index is 12.5. The number of nitrogens with two attached hydrogens (primary N) is 1. The van der Waals surface area contributed by atoms with Gasteiger partial charge in [0.25, 0.3) is 5.91 Å². The fourth-order valence-corrected chi connectivity index (χ4v) is 2.62. The number of rotatable bonds is 3. The molecule has 6 heteroatoms. The minimum Gasteiger partial charge on any atom is -0.321 e. The zero-order valence-corrected chi connectivity index (χ0v) is 13.7. The van der Waals surface area contributed by atoms with Crippen molar-refractivity contribution in [3.05, 3.63) is 51.1 Å². The van der Waals surface area contributed by atoms with E-state index in [-0.39, 0.29) is 5.91 Å². The third-order valence-electron chi connectivity index (χ3n) is 3.15. The summed E-state index contributed by atoms with van der Waals surface area (Å²) < 4.78 is 0.712. The number of halogens is 1. The molecule has 0 aliphatic heterocycles. The van der Waals surface area contributed by atoms with Crippen molar-refractivity contribution in [2.45, 2.75) is 20.8 Å². The van der Waals surface area contributed by atoms with E-state index in [1.165, 1.54) is 0 Å². The third-order valence-corrected chi connectivity index (χ3v) is 3.58. The van der Waals surface area contributed by atoms with Gasteiger partial charge in [0.1, 0.15) is 0 Å². The van der Waals surface area contributed by atoms with E-state index < -0.39 is 0 Å². The summed E-state index contributed by atoms with van der Waals surface area (Å²) in [6.07, 6.45) is 1.58. The van der Waals surface area contributed by atoms with Crippen LogP contribution in [0.15, 0.2) is 28.9 Å². The van der Waals surface area contributed by atoms with Gasteiger partial charge >= 0.3 is 0 Å². The smallest absolute Gasteiger partial charge is 0.259 e. The number of carbonyl (C=O) groups excluding carboxylic acids is 1. The predicted molar refractivity (Wildman–Crippen MR) is 88.4 cm³/mol. The summed E-state index contributed by atoms with van der Waals surface area (Å²) in [7, 11) is 0. The van der Waals surface area contributed by atoms with Crippen LogP contribution >= 0.6 is 15.9 Å². The highest BCUT2D eigenvalue weighted by Crippen LogP contribution is 2.24. The molecular formula is C15H17BrN4O. The molecule has 1 heterocycles. The van der Waals surface area contributed by atoms with Crippen molar-refractivity contribution >= 4 is 33.3 Å². The first-order chi connectivity index (χ1) is 9.92. The van der Waals surface area contributed by atoms with Gasteiger partial charge in [0, 0.05) is 16.4 Å². The number of nitrogen functional groups attached to an aromatic ring is 1. The van der Waals surface area contributed by atoms with Crippen LogP contribution in [0.3, 0.4) is 0 Å². The van der Waals surface area contributed by atoms with Gasteiger partial charge in [-0.25, -0.2) is 10.8 Å². The SMILES string of the molecule is Cc1cc(C)c(NC(=O)c2cc(Br)cnc2NN)c(C)c1. The van der Waals surface area contributed by atoms with Crippen molar-refractivity contribution in [2.24, 2.45) is 5.84 Å². The second-order valence-corrected chi connectivity index (χ2v) is 5.84. The van der Waals surface area contributed by atoms with Crippen LogP contribution in [-0.4, -0.2) is 10.9 Å². The molecule has 2 aromatic rings. The van der Waals surface area contributed by atoms with Crippen LogP contribution in [0.5, 0.6) is 0 Å². The van der Waals surface area contributed by atoms with Gasteiger partial charge in [-0.2, -0.15) is 0 Å². The molecular weight excluding hydrogens is 332 g/mol. The fourth-order valence-electron chi connectivity index (χ4n) is 2.29. The van der Waals surface area contributed by atoms with Crippen LogP contribution in [0.25, 0.3) is 0 Å². The zero-order chi connectivity index (χ0) is 15.6. The van der Waals surface area contributed by atoms with Gasteiger partial charge in [-0.1, -0.05) is 17.7 Å². The Morgan fingerprint density at radius 1 is 1.19 bits per heavy atom. The van der Waals surface area contributed by atoms with Crippen LogP contribution in [-0.2, 0) is 0 Å². The number of aromatic nitrogens is 1. The number of nitrogens with zero attached hydrogens (tertiary/aromatic N) is 1. The van der Waals surface area contributed by atoms with Crippen molar-refractivity contribution in [1.82, 2.24) is 4.98 Å². The summed E-state index contributed by atoms with van der Waals surface area (Å²) in [5.74, 6) is 5.48. The first-order valence-corrected chi connectivity index (χ1v) is 7.23. The minimum atomic E-state index is -0.258. The molecule has 0 aliphatic rings. The monoisotopic (exact) mass is 348 g/mol. The first kappa shape index (κ1) is 15.5. The van der Waals surface area contributed by atoms with Crippen LogP contribution in [0.1, 0.15) is 27.0 Å². The summed E-state index contributed by atoms with van der Waals surface area (Å²) in [6, 6.07) is 5.74. The molecule has 0 saturated carbocycles. The quantitative estimate of drug-likeness (QED) is 0.587. The molecule has 21 heavy (non-hydrogen) atoms. The molecule has 0 saturated heterocycles. The van der Waals surface area contributed by atoms with Crippen molar-refractivity contribution in [3.63, 3.8) is 0 Å². The highest BCUT2D eigenvalue weighted by atomic mass is 79.9. The number of benzene rings is 1. The molecule has 0 bridgehead atoms. The Hall–Kier alpha value is -1.92. The van der Waals surface area contributed by atoms with Gasteiger partial charge in [-0.15, -0.1) is 0 Å². The van der Waals surface area contributed by atoms with Gasteiger partial charge in [0.05, 0.1) is 5.56 Å². The van der Waals surface area contributed by atoms with Crippen molar-refractivity contribution in [1.29, 1.82) is 0 Å². The lowest BCUT2D eigenvalue weighted by Gasteiger charge is -2.14. The lowest BCUT2D eigenvalue weighted by Crippen LogP contribution is -2.19. The normalized spacial score (nSPS) is 10.3. The van der Waals surface area contributed by atoms with Crippen molar-refractivity contribution in [3.8, 4) is 0 Å². The van der Waals surface area contributed by atoms with Crippen molar-refractivity contribution in [2.75, 3.05) is 10.7 Å². The Balaban J connectivity index is 2.37. The Bertz CT molecular complexity index is 677. The molecule has 0 aliphatic carbocycles. The second-order valence-electron chi connectivity index (χ2n) is 4.92. The number of pyridine rings is 1. The lowest BCUT2D eigenvalue weighted by atomic mass is 10.0. The highest BCUT2D eigenvalue weighted by Gasteiger charge is 2.15. The summed E-state index contributed by atoms with van der Waals surface area (Å²) >= 11 is 3.31. The zero-order valence-electron chi connectivity index (χ0n) is 12.1. The number of nitrogens with one attached hydrogen (secondary N) is 2. The van der Waals surface area contributed by atoms with E-state index in [4.69, 9.17) is 5.84 Å². The summed E-state index contributed by atoms with van der Waals surface area (Å²) in [5.41, 5.74) is 6.83. The number of hydrazine groups is 1. The average Bonchev–Trinajstić information content (AvgIpc) is 2.42. The van der Waals surface area contributed by atoms with Gasteiger partial charge in [-0.3, -0.25) is 4.79 Å². The van der Waals surface area contributed by atoms with E-state index in [0.29, 0.717) is 15.9 Å². The van der Waals surface area contributed by atoms with Crippen LogP contribution < -0.4 is 16.6 Å². The molecule has 4 N–H and O–H groups in total. The van der Waals surface area contributed by atoms with E-state index in [0.717, 1.165) is 22.4 Å². The number of amides is 1. The largest absolute Gasteiger partial charge is 0.321 e. The number of hydrogen-bond donors (Lipinski definition) is 3. The lowest BCUT2D eigenvalue weighted by molar-refractivity contribution is 0.102. The van der Waals surface area contributed by atoms with Crippen LogP contribution in [0.4, 0.5) is 11.5 Å². The first-order valence-electron chi connectivity index (χ1n) is 6.43. The van der Waals surface area contributed by atoms with Gasteiger partial charge in [-0.05, 0) is 53.9 Å². The maximum absolute atomic E-state index is 12.5. The summed E-state index contributed by atoms with van der Waals surface area (Å²) in [4.78, 5) is 16.5. The molecule has 0 unspecified atom stereocenters. The van der Waals surface area contributed by atoms with E-state index in [1.54, 1.807) is 12.3 Å². The molecule has 0 radical (unpaired) electrons. The summed E-state index contributed by atoms with van der Waals surface area (Å²) in [5, 5.41) is 2.93. The maximum Gasteiger partial charge on any atom is 0.259 e. The van der Waals surface area contributed by atoms with E-state index >= 15 is 0 Å². The van der Waals surface area contributed by atoms with Crippen LogP contribution in [0, 0.1) is 20.8 Å². The van der Waals surface area contributed by atoms with Crippen LogP contribution in [0.2, 0.25) is 0 Å². The topological polar surface area (TPSA) is 80.0 Å². The van der Waals surface area contributed by atoms with Crippen molar-refractivity contribution < 1.29 is 4.79 Å². The number of aryl methyl sites for hydroxylation is 3. The minimum absolute atomic E-state index is 0.258. The van der Waals surface area contributed by atoms with Gasteiger partial charge in [0.15, 0.2) is 5.82 Å². The molecule has 0 fully saturated rings. The highest BCUT2D eigenvalue weighted by molar-refractivity contribution is 9.10. The average molecular weight is 349 g/mol. The Labute approximate surface area is 132 Å². The number of anilines is 2. The van der Waals surface area contributed by atoms with Gasteiger partial charge < -0.3 is 10.7 Å².